The van der Waals surface area contributed by atoms with Crippen molar-refractivity contribution in [3.8, 4) is 0 Å². The molecular weight excluding hydrogens is 527 g/mol. The van der Waals surface area contributed by atoms with Crippen LogP contribution >= 0.6 is 22.9 Å². The first kappa shape index (κ1) is 26.7. The van der Waals surface area contributed by atoms with Gasteiger partial charge in [0.15, 0.2) is 5.13 Å². The fourth-order valence-electron chi connectivity index (χ4n) is 5.67. The molecule has 1 amide bonds. The van der Waals surface area contributed by atoms with Crippen LogP contribution in [0.25, 0.3) is 10.2 Å². The Morgan fingerprint density at radius 1 is 1.18 bits per heavy atom. The van der Waals surface area contributed by atoms with Crippen molar-refractivity contribution in [1.29, 1.82) is 0 Å². The lowest BCUT2D eigenvalue weighted by molar-refractivity contribution is -0.137. The minimum absolute atomic E-state index is 0.200. The monoisotopic (exact) mass is 558 g/mol. The summed E-state index contributed by atoms with van der Waals surface area (Å²) in [6.07, 6.45) is 6.87. The number of amides is 1. The number of benzene rings is 2. The number of halogens is 2. The predicted molar refractivity (Wildman–Crippen MR) is 150 cm³/mol. The van der Waals surface area contributed by atoms with Crippen LogP contribution in [0.1, 0.15) is 50.5 Å². The third-order valence-corrected chi connectivity index (χ3v) is 8.68. The predicted octanol–water partition coefficient (Wildman–Crippen LogP) is 5.86. The van der Waals surface area contributed by atoms with E-state index in [2.05, 4.69) is 15.6 Å². The summed E-state index contributed by atoms with van der Waals surface area (Å²) in [5, 5.41) is 17.2. The molecule has 10 heteroatoms. The molecule has 0 saturated heterocycles. The zero-order valence-corrected chi connectivity index (χ0v) is 22.7. The van der Waals surface area contributed by atoms with E-state index in [-0.39, 0.29) is 18.1 Å². The quantitative estimate of drug-likeness (QED) is 0.288. The van der Waals surface area contributed by atoms with Gasteiger partial charge in [0.25, 0.3) is 0 Å². The minimum Gasteiger partial charge on any atom is -0.481 e. The number of hydrogen-bond acceptors (Lipinski definition) is 6. The number of carboxylic acid groups (broad SMARTS) is 1. The van der Waals surface area contributed by atoms with E-state index in [1.165, 1.54) is 29.9 Å². The Kier molecular flexibility index (Phi) is 8.33. The van der Waals surface area contributed by atoms with E-state index in [1.807, 2.05) is 17.0 Å². The minimum atomic E-state index is -0.978. The van der Waals surface area contributed by atoms with Gasteiger partial charge in [-0.3, -0.25) is 9.59 Å². The van der Waals surface area contributed by atoms with Gasteiger partial charge in [0, 0.05) is 23.8 Å². The SMILES string of the molecule is O=C(O)C[C@@H](CN1CCc2cc(F)ccc21)NC(=O)[C@H](CC1CCCCC1)Nc1nc2ccc(Cl)cc2s1. The molecule has 0 bridgehead atoms. The Morgan fingerprint density at radius 2 is 2.00 bits per heavy atom. The second kappa shape index (κ2) is 11.9. The number of fused-ring (bicyclic) bond motifs is 2. The summed E-state index contributed by atoms with van der Waals surface area (Å²) in [5.41, 5.74) is 2.60. The van der Waals surface area contributed by atoms with E-state index in [0.29, 0.717) is 42.0 Å². The maximum atomic E-state index is 13.7. The lowest BCUT2D eigenvalue weighted by Gasteiger charge is -2.30. The van der Waals surface area contributed by atoms with Gasteiger partial charge in [-0.25, -0.2) is 9.37 Å². The number of thiazole rings is 1. The van der Waals surface area contributed by atoms with Crippen molar-refractivity contribution in [3.05, 3.63) is 52.8 Å². The van der Waals surface area contributed by atoms with Gasteiger partial charge < -0.3 is 20.6 Å². The molecule has 2 aromatic carbocycles. The summed E-state index contributed by atoms with van der Waals surface area (Å²) in [5.74, 6) is -1.06. The van der Waals surface area contributed by atoms with Crippen LogP contribution in [-0.2, 0) is 16.0 Å². The first-order valence-corrected chi connectivity index (χ1v) is 14.4. The number of carboxylic acids is 1. The van der Waals surface area contributed by atoms with E-state index in [4.69, 9.17) is 11.6 Å². The zero-order chi connectivity index (χ0) is 26.6. The number of aromatic nitrogens is 1. The average Bonchev–Trinajstić information content (AvgIpc) is 3.46. The highest BCUT2D eigenvalue weighted by Gasteiger charge is 2.30. The molecule has 0 unspecified atom stereocenters. The topological polar surface area (TPSA) is 94.6 Å². The van der Waals surface area contributed by atoms with Crippen molar-refractivity contribution in [2.75, 3.05) is 23.3 Å². The summed E-state index contributed by atoms with van der Waals surface area (Å²) in [6.45, 7) is 0.995. The molecule has 1 aromatic heterocycles. The number of nitrogens with one attached hydrogen (secondary N) is 2. The van der Waals surface area contributed by atoms with Crippen LogP contribution in [0.5, 0.6) is 0 Å². The number of carbonyl (C=O) groups is 2. The number of anilines is 2. The van der Waals surface area contributed by atoms with Gasteiger partial charge in [0.1, 0.15) is 11.9 Å². The Labute approximate surface area is 230 Å². The molecule has 2 atom stereocenters. The number of rotatable bonds is 10. The lowest BCUT2D eigenvalue weighted by atomic mass is 9.84. The number of nitrogens with zero attached hydrogens (tertiary/aromatic N) is 2. The van der Waals surface area contributed by atoms with Crippen LogP contribution < -0.4 is 15.5 Å². The van der Waals surface area contributed by atoms with Crippen molar-refractivity contribution >= 4 is 55.8 Å². The highest BCUT2D eigenvalue weighted by atomic mass is 35.5. The maximum Gasteiger partial charge on any atom is 0.305 e. The molecule has 1 saturated carbocycles. The summed E-state index contributed by atoms with van der Waals surface area (Å²) in [7, 11) is 0. The van der Waals surface area contributed by atoms with E-state index >= 15 is 0 Å². The average molecular weight is 559 g/mol. The fraction of sp³-hybridized carbons (Fsp3) is 0.464. The molecule has 1 fully saturated rings. The summed E-state index contributed by atoms with van der Waals surface area (Å²) in [4.78, 5) is 32.1. The first-order valence-electron chi connectivity index (χ1n) is 13.2. The van der Waals surface area contributed by atoms with E-state index in [9.17, 15) is 19.1 Å². The van der Waals surface area contributed by atoms with Crippen molar-refractivity contribution in [2.24, 2.45) is 5.92 Å². The smallest absolute Gasteiger partial charge is 0.305 e. The fourth-order valence-corrected chi connectivity index (χ4v) is 6.86. The highest BCUT2D eigenvalue weighted by Crippen LogP contribution is 2.32. The van der Waals surface area contributed by atoms with Crippen LogP contribution in [0.2, 0.25) is 5.02 Å². The molecule has 202 valence electrons. The summed E-state index contributed by atoms with van der Waals surface area (Å²) >= 11 is 7.59. The Hall–Kier alpha value is -2.91. The maximum absolute atomic E-state index is 13.7. The van der Waals surface area contributed by atoms with Gasteiger partial charge in [-0.1, -0.05) is 55.0 Å². The van der Waals surface area contributed by atoms with Crippen LogP contribution in [0.4, 0.5) is 15.2 Å². The molecule has 1 aliphatic heterocycles. The standard InChI is InChI=1S/C28H32ClFN4O3S/c29-19-6-8-22-25(14-19)38-28(32-22)33-23(12-17-4-2-1-3-5-17)27(37)31-21(15-26(35)36)16-34-11-10-18-13-20(30)7-9-24(18)34/h6-9,13-14,17,21,23H,1-5,10-12,15-16H2,(H,31,37)(H,32,33)(H,35,36)/t21-,23-/m0/s1. The number of hydrogen-bond donors (Lipinski definition) is 3. The number of carbonyl (C=O) groups excluding carboxylic acids is 1. The van der Waals surface area contributed by atoms with Crippen LogP contribution in [-0.4, -0.2) is 47.1 Å². The first-order chi connectivity index (χ1) is 18.3. The van der Waals surface area contributed by atoms with Crippen molar-refractivity contribution < 1.29 is 19.1 Å². The Balaban J connectivity index is 1.33. The van der Waals surface area contributed by atoms with Crippen molar-refractivity contribution in [2.45, 2.75) is 63.5 Å². The third-order valence-electron chi connectivity index (χ3n) is 7.50. The second-order valence-electron chi connectivity index (χ2n) is 10.3. The van der Waals surface area contributed by atoms with E-state index in [0.717, 1.165) is 47.2 Å². The number of aliphatic carboxylic acids is 1. The zero-order valence-electron chi connectivity index (χ0n) is 21.1. The molecule has 3 aromatic rings. The second-order valence-corrected chi connectivity index (χ2v) is 11.8. The molecule has 38 heavy (non-hydrogen) atoms. The molecule has 2 heterocycles. The van der Waals surface area contributed by atoms with E-state index < -0.39 is 18.1 Å². The van der Waals surface area contributed by atoms with E-state index in [1.54, 1.807) is 12.1 Å². The van der Waals surface area contributed by atoms with Crippen molar-refractivity contribution in [1.82, 2.24) is 10.3 Å². The van der Waals surface area contributed by atoms with Gasteiger partial charge >= 0.3 is 5.97 Å². The van der Waals surface area contributed by atoms with Crippen LogP contribution in [0, 0.1) is 11.7 Å². The Morgan fingerprint density at radius 3 is 2.79 bits per heavy atom. The summed E-state index contributed by atoms with van der Waals surface area (Å²) in [6, 6.07) is 9.04. The summed E-state index contributed by atoms with van der Waals surface area (Å²) < 4.78 is 14.6. The molecule has 7 nitrogen and oxygen atoms in total. The van der Waals surface area contributed by atoms with Gasteiger partial charge in [0.05, 0.1) is 22.7 Å². The van der Waals surface area contributed by atoms with Gasteiger partial charge in [-0.05, 0) is 60.7 Å². The molecule has 0 radical (unpaired) electrons. The molecule has 2 aliphatic rings. The highest BCUT2D eigenvalue weighted by molar-refractivity contribution is 7.22. The van der Waals surface area contributed by atoms with Gasteiger partial charge in [0.2, 0.25) is 5.91 Å². The molecule has 0 spiro atoms. The molecule has 1 aliphatic carbocycles. The van der Waals surface area contributed by atoms with Crippen LogP contribution in [0.15, 0.2) is 36.4 Å². The van der Waals surface area contributed by atoms with Gasteiger partial charge in [-0.15, -0.1) is 0 Å². The van der Waals surface area contributed by atoms with Gasteiger partial charge in [-0.2, -0.15) is 0 Å². The third kappa shape index (κ3) is 6.56. The van der Waals surface area contributed by atoms with Crippen molar-refractivity contribution in [3.63, 3.8) is 0 Å². The molecule has 3 N–H and O–H groups in total. The van der Waals surface area contributed by atoms with Crippen LogP contribution in [0.3, 0.4) is 0 Å². The largest absolute Gasteiger partial charge is 0.481 e. The lowest BCUT2D eigenvalue weighted by Crippen LogP contribution is -2.50. The normalized spacial score (nSPS) is 17.3. The Bertz CT molecular complexity index is 1310. The molecule has 5 rings (SSSR count). The molecular formula is C28H32ClFN4O3S.